The van der Waals surface area contributed by atoms with Crippen LogP contribution < -0.4 is 10.6 Å². The predicted molar refractivity (Wildman–Crippen MR) is 75.0 cm³/mol. The third-order valence-electron chi connectivity index (χ3n) is 1.93. The Hall–Kier alpha value is -0.468. The molecule has 0 aromatic heterocycles. The van der Waals surface area contributed by atoms with Crippen LogP contribution in [0.4, 0.5) is 0 Å². The van der Waals surface area contributed by atoms with Crippen molar-refractivity contribution >= 4 is 16.7 Å². The summed E-state index contributed by atoms with van der Waals surface area (Å²) in [6.07, 6.45) is 0.929. The summed E-state index contributed by atoms with van der Waals surface area (Å²) in [6.45, 7) is 4.25. The minimum absolute atomic E-state index is 0.321. The fourth-order valence-electron chi connectivity index (χ4n) is 1.25. The molecule has 0 radical (unpaired) electrons. The molecule has 2 rings (SSSR count). The quantitative estimate of drug-likeness (QED) is 0.575. The second kappa shape index (κ2) is 8.60. The summed E-state index contributed by atoms with van der Waals surface area (Å²) in [5.41, 5.74) is 0. The van der Waals surface area contributed by atoms with Gasteiger partial charge in [-0.15, -0.1) is 0 Å². The fraction of sp³-hybridized carbons (Fsp3) is 0.200. The van der Waals surface area contributed by atoms with E-state index in [1.165, 1.54) is 17.0 Å². The van der Waals surface area contributed by atoms with Gasteiger partial charge >= 0.3 is 96.1 Å². The van der Waals surface area contributed by atoms with Crippen molar-refractivity contribution in [3.63, 3.8) is 0 Å². The van der Waals surface area contributed by atoms with Gasteiger partial charge in [-0.2, -0.15) is 0 Å². The molecular formula is C15H18PPd. The minimum atomic E-state index is -0.321. The topological polar surface area (TPSA) is 0 Å². The van der Waals surface area contributed by atoms with Gasteiger partial charge in [0.1, 0.15) is 0 Å². The molecule has 2 aromatic rings. The molecule has 0 fully saturated rings. The number of benzene rings is 2. The molecule has 2 aromatic carbocycles. The zero-order chi connectivity index (χ0) is 12.5. The maximum absolute atomic E-state index is 3.47. The van der Waals surface area contributed by atoms with Crippen LogP contribution in [0.3, 0.4) is 0 Å². The van der Waals surface area contributed by atoms with Gasteiger partial charge in [0.05, 0.1) is 0 Å². The SMILES string of the molecule is CCC.[Pd][P](c1ccccc1)c1ccccc1. The molecule has 0 spiro atoms. The third-order valence-corrected chi connectivity index (χ3v) is 5.78. The molecule has 0 amide bonds. The second-order valence-corrected chi connectivity index (χ2v) is 7.26. The van der Waals surface area contributed by atoms with Gasteiger partial charge in [-0.1, -0.05) is 20.3 Å². The molecule has 17 heavy (non-hydrogen) atoms. The van der Waals surface area contributed by atoms with Crippen molar-refractivity contribution in [1.29, 1.82) is 0 Å². The number of hydrogen-bond donors (Lipinski definition) is 0. The first-order chi connectivity index (χ1) is 8.29. The summed E-state index contributed by atoms with van der Waals surface area (Å²) >= 11 is 3.47. The Morgan fingerprint density at radius 3 is 1.35 bits per heavy atom. The summed E-state index contributed by atoms with van der Waals surface area (Å²) in [5.74, 6) is 0. The Morgan fingerprint density at radius 1 is 0.765 bits per heavy atom. The molecule has 0 aliphatic carbocycles. The van der Waals surface area contributed by atoms with Gasteiger partial charge in [-0.05, 0) is 0 Å². The normalized spacial score (nSPS) is 9.71. The van der Waals surface area contributed by atoms with Gasteiger partial charge in [0.25, 0.3) is 0 Å². The molecule has 0 bridgehead atoms. The predicted octanol–water partition coefficient (Wildman–Crippen LogP) is 4.00. The molecule has 2 heteroatoms. The van der Waals surface area contributed by atoms with Crippen LogP contribution >= 0.6 is 6.11 Å². The summed E-state index contributed by atoms with van der Waals surface area (Å²) in [6, 6.07) is 21.1. The van der Waals surface area contributed by atoms with Crippen LogP contribution in [-0.4, -0.2) is 0 Å². The maximum atomic E-state index is 3.47. The van der Waals surface area contributed by atoms with E-state index in [0.29, 0.717) is 0 Å². The molecule has 0 unspecified atom stereocenters. The molecule has 0 nitrogen and oxygen atoms in total. The van der Waals surface area contributed by atoms with Crippen LogP contribution in [0.25, 0.3) is 0 Å². The van der Waals surface area contributed by atoms with E-state index in [4.69, 9.17) is 0 Å². The summed E-state index contributed by atoms with van der Waals surface area (Å²) in [4.78, 5) is 0. The summed E-state index contributed by atoms with van der Waals surface area (Å²) in [5, 5.41) is 2.74. The van der Waals surface area contributed by atoms with Crippen LogP contribution in [0.15, 0.2) is 60.7 Å². The Balaban J connectivity index is 0.000000437. The van der Waals surface area contributed by atoms with Crippen molar-refractivity contribution in [3.05, 3.63) is 60.7 Å². The monoisotopic (exact) mass is 335 g/mol. The molecule has 0 atom stereocenters. The second-order valence-electron chi connectivity index (χ2n) is 3.63. The van der Waals surface area contributed by atoms with Crippen molar-refractivity contribution < 1.29 is 18.7 Å². The van der Waals surface area contributed by atoms with E-state index < -0.39 is 0 Å². The number of rotatable bonds is 2. The standard InChI is InChI=1S/C12H10P.C3H8.Pd/c1-3-7-11(8-4-1)13-12-9-5-2-6-10-12;1-3-2;/h1-10H;3H2,1-2H3;/q-1;;+1. The van der Waals surface area contributed by atoms with Crippen LogP contribution in [0.5, 0.6) is 0 Å². The molecule has 0 aliphatic heterocycles. The Bertz CT molecular complexity index is 360. The van der Waals surface area contributed by atoms with E-state index in [1.807, 2.05) is 0 Å². The van der Waals surface area contributed by atoms with Gasteiger partial charge in [0, 0.05) is 0 Å². The Labute approximate surface area is 116 Å². The average Bonchev–Trinajstić information content (AvgIpc) is 2.41. The Kier molecular flexibility index (Phi) is 7.38. The van der Waals surface area contributed by atoms with Crippen LogP contribution in [0.2, 0.25) is 0 Å². The molecule has 0 saturated heterocycles. The van der Waals surface area contributed by atoms with Gasteiger partial charge in [-0.25, -0.2) is 0 Å². The molecule has 0 saturated carbocycles. The van der Waals surface area contributed by atoms with E-state index in [2.05, 4.69) is 93.2 Å². The van der Waals surface area contributed by atoms with Crippen LogP contribution in [-0.2, 0) is 18.7 Å². The van der Waals surface area contributed by atoms with Gasteiger partial charge in [-0.3, -0.25) is 0 Å². The molecule has 93 valence electrons. The fourth-order valence-corrected chi connectivity index (χ4v) is 3.77. The van der Waals surface area contributed by atoms with Gasteiger partial charge < -0.3 is 0 Å². The van der Waals surface area contributed by atoms with E-state index in [9.17, 15) is 0 Å². The average molecular weight is 336 g/mol. The van der Waals surface area contributed by atoms with Crippen molar-refractivity contribution in [2.75, 3.05) is 0 Å². The van der Waals surface area contributed by atoms with Crippen molar-refractivity contribution in [3.8, 4) is 0 Å². The van der Waals surface area contributed by atoms with Crippen molar-refractivity contribution in [2.24, 2.45) is 0 Å². The molecule has 0 N–H and O–H groups in total. The van der Waals surface area contributed by atoms with E-state index in [-0.39, 0.29) is 6.11 Å². The van der Waals surface area contributed by atoms with Crippen molar-refractivity contribution in [2.45, 2.75) is 20.3 Å². The van der Waals surface area contributed by atoms with E-state index in [0.717, 1.165) is 0 Å². The summed E-state index contributed by atoms with van der Waals surface area (Å²) < 4.78 is 0. The zero-order valence-electron chi connectivity index (χ0n) is 10.2. The van der Waals surface area contributed by atoms with Crippen LogP contribution in [0.1, 0.15) is 20.3 Å². The van der Waals surface area contributed by atoms with E-state index in [1.54, 1.807) is 0 Å². The zero-order valence-corrected chi connectivity index (χ0v) is 12.7. The van der Waals surface area contributed by atoms with Crippen LogP contribution in [0, 0.1) is 0 Å². The number of hydrogen-bond acceptors (Lipinski definition) is 0. The van der Waals surface area contributed by atoms with E-state index >= 15 is 0 Å². The molecule has 0 aliphatic rings. The first-order valence-corrected chi connectivity index (χ1v) is 9.09. The van der Waals surface area contributed by atoms with Gasteiger partial charge in [0.15, 0.2) is 0 Å². The summed E-state index contributed by atoms with van der Waals surface area (Å²) in [7, 11) is 0. The Morgan fingerprint density at radius 2 is 1.06 bits per heavy atom. The molecule has 0 heterocycles. The third kappa shape index (κ3) is 5.14. The van der Waals surface area contributed by atoms with Crippen molar-refractivity contribution in [1.82, 2.24) is 0 Å². The first kappa shape index (κ1) is 14.6. The first-order valence-electron chi connectivity index (χ1n) is 5.82. The molecular weight excluding hydrogens is 318 g/mol. The van der Waals surface area contributed by atoms with Gasteiger partial charge in [0.2, 0.25) is 0 Å².